The Labute approximate surface area is 91.2 Å². The summed E-state index contributed by atoms with van der Waals surface area (Å²) >= 11 is 0. The fourth-order valence-corrected chi connectivity index (χ4v) is 1.20. The van der Waals surface area contributed by atoms with E-state index in [1.54, 1.807) is 0 Å². The maximum atomic E-state index is 11.3. The fourth-order valence-electron chi connectivity index (χ4n) is 1.20. The van der Waals surface area contributed by atoms with Gasteiger partial charge in [0.15, 0.2) is 0 Å². The average molecular weight is 218 g/mol. The Kier molecular flexibility index (Phi) is 9.46. The van der Waals surface area contributed by atoms with Gasteiger partial charge in [-0.1, -0.05) is 6.92 Å². The molecule has 0 aromatic carbocycles. The number of rotatable bonds is 9. The minimum atomic E-state index is 0.0192. The van der Waals surface area contributed by atoms with E-state index in [4.69, 9.17) is 9.84 Å². The summed E-state index contributed by atoms with van der Waals surface area (Å²) in [6.45, 7) is 6.14. The van der Waals surface area contributed by atoms with Crippen molar-refractivity contribution in [1.29, 1.82) is 0 Å². The molecule has 0 aromatic heterocycles. The molecule has 0 aliphatic heterocycles. The summed E-state index contributed by atoms with van der Waals surface area (Å²) in [5.41, 5.74) is 0. The first kappa shape index (κ1) is 14.3. The normalized spacial score (nSPS) is 12.5. The van der Waals surface area contributed by atoms with E-state index in [0.29, 0.717) is 26.2 Å². The molecule has 1 amide bonds. The van der Waals surface area contributed by atoms with Gasteiger partial charge < -0.3 is 20.5 Å². The average Bonchev–Trinajstić information content (AvgIpc) is 2.17. The molecule has 0 aliphatic carbocycles. The van der Waals surface area contributed by atoms with Crippen molar-refractivity contribution < 1.29 is 14.6 Å². The summed E-state index contributed by atoms with van der Waals surface area (Å²) < 4.78 is 5.01. The maximum absolute atomic E-state index is 11.3. The number of hydrogen-bond acceptors (Lipinski definition) is 4. The van der Waals surface area contributed by atoms with Crippen LogP contribution in [0.2, 0.25) is 0 Å². The van der Waals surface area contributed by atoms with Crippen molar-refractivity contribution in [2.45, 2.75) is 26.3 Å². The van der Waals surface area contributed by atoms with E-state index < -0.39 is 0 Å². The van der Waals surface area contributed by atoms with Crippen LogP contribution in [0.1, 0.15) is 20.3 Å². The van der Waals surface area contributed by atoms with E-state index in [0.717, 1.165) is 6.54 Å². The first-order chi connectivity index (χ1) is 7.20. The second kappa shape index (κ2) is 9.89. The molecular formula is C10H22N2O3. The summed E-state index contributed by atoms with van der Waals surface area (Å²) in [5.74, 6) is 0.0241. The van der Waals surface area contributed by atoms with Gasteiger partial charge in [0.1, 0.15) is 0 Å². The number of carbonyl (C=O) groups excluding carboxylic acids is 1. The summed E-state index contributed by atoms with van der Waals surface area (Å²) in [6.07, 6.45) is 0.480. The molecule has 0 heterocycles. The summed E-state index contributed by atoms with van der Waals surface area (Å²) in [5, 5.41) is 14.3. The summed E-state index contributed by atoms with van der Waals surface area (Å²) in [7, 11) is 0. The maximum Gasteiger partial charge on any atom is 0.221 e. The van der Waals surface area contributed by atoms with Gasteiger partial charge in [0.05, 0.1) is 19.8 Å². The smallest absolute Gasteiger partial charge is 0.221 e. The van der Waals surface area contributed by atoms with Crippen LogP contribution in [0, 0.1) is 0 Å². The molecule has 0 fully saturated rings. The van der Waals surface area contributed by atoms with Crippen molar-refractivity contribution in [3.05, 3.63) is 0 Å². The summed E-state index contributed by atoms with van der Waals surface area (Å²) in [4.78, 5) is 11.3. The number of aliphatic hydroxyl groups excluding tert-OH is 1. The van der Waals surface area contributed by atoms with Gasteiger partial charge in [-0.05, 0) is 13.5 Å². The van der Waals surface area contributed by atoms with Gasteiger partial charge in [-0.15, -0.1) is 0 Å². The third-order valence-corrected chi connectivity index (χ3v) is 1.85. The van der Waals surface area contributed by atoms with Crippen LogP contribution in [0.4, 0.5) is 0 Å². The Balaban J connectivity index is 3.32. The second-order valence-electron chi connectivity index (χ2n) is 3.35. The predicted molar refractivity (Wildman–Crippen MR) is 58.7 cm³/mol. The van der Waals surface area contributed by atoms with Crippen molar-refractivity contribution >= 4 is 5.91 Å². The van der Waals surface area contributed by atoms with Gasteiger partial charge in [0.2, 0.25) is 5.91 Å². The second-order valence-corrected chi connectivity index (χ2v) is 3.35. The topological polar surface area (TPSA) is 70.6 Å². The molecule has 0 aromatic rings. The highest BCUT2D eigenvalue weighted by atomic mass is 16.5. The van der Waals surface area contributed by atoms with Crippen LogP contribution in [0.25, 0.3) is 0 Å². The van der Waals surface area contributed by atoms with Crippen LogP contribution in [-0.2, 0) is 9.53 Å². The van der Waals surface area contributed by atoms with Crippen molar-refractivity contribution in [2.24, 2.45) is 0 Å². The lowest BCUT2D eigenvalue weighted by molar-refractivity contribution is -0.121. The molecule has 0 saturated heterocycles. The van der Waals surface area contributed by atoms with E-state index in [9.17, 15) is 4.79 Å². The standard InChI is InChI=1S/C10H22N2O3/c1-3-11-9(2)8-10(14)12-4-6-15-7-5-13/h9,11,13H,3-8H2,1-2H3,(H,12,14). The molecule has 1 atom stereocenters. The number of aliphatic hydroxyl groups is 1. The number of carbonyl (C=O) groups is 1. The van der Waals surface area contributed by atoms with Gasteiger partial charge in [0, 0.05) is 19.0 Å². The molecule has 1 unspecified atom stereocenters. The lowest BCUT2D eigenvalue weighted by Gasteiger charge is -2.12. The predicted octanol–water partition coefficient (Wildman–Crippen LogP) is -0.500. The van der Waals surface area contributed by atoms with Crippen molar-refractivity contribution in [1.82, 2.24) is 10.6 Å². The van der Waals surface area contributed by atoms with Gasteiger partial charge in [-0.2, -0.15) is 0 Å². The molecule has 90 valence electrons. The molecule has 0 rings (SSSR count). The van der Waals surface area contributed by atoms with Crippen molar-refractivity contribution in [3.63, 3.8) is 0 Å². The van der Waals surface area contributed by atoms with Crippen LogP contribution >= 0.6 is 0 Å². The van der Waals surface area contributed by atoms with Gasteiger partial charge in [-0.25, -0.2) is 0 Å². The van der Waals surface area contributed by atoms with E-state index >= 15 is 0 Å². The van der Waals surface area contributed by atoms with Crippen LogP contribution in [-0.4, -0.2) is 50.0 Å². The highest BCUT2D eigenvalue weighted by Crippen LogP contribution is 1.89. The highest BCUT2D eigenvalue weighted by molar-refractivity contribution is 5.76. The Morgan fingerprint density at radius 3 is 2.80 bits per heavy atom. The molecule has 0 spiro atoms. The minimum absolute atomic E-state index is 0.0192. The minimum Gasteiger partial charge on any atom is -0.394 e. The van der Waals surface area contributed by atoms with Gasteiger partial charge in [0.25, 0.3) is 0 Å². The highest BCUT2D eigenvalue weighted by Gasteiger charge is 2.06. The molecular weight excluding hydrogens is 196 g/mol. The first-order valence-corrected chi connectivity index (χ1v) is 5.39. The molecule has 5 nitrogen and oxygen atoms in total. The molecule has 0 saturated carbocycles. The zero-order chi connectivity index (χ0) is 11.5. The number of hydrogen-bond donors (Lipinski definition) is 3. The third kappa shape index (κ3) is 9.65. The first-order valence-electron chi connectivity index (χ1n) is 5.39. The van der Waals surface area contributed by atoms with Crippen molar-refractivity contribution in [2.75, 3.05) is 32.9 Å². The molecule has 15 heavy (non-hydrogen) atoms. The Morgan fingerprint density at radius 2 is 2.20 bits per heavy atom. The van der Waals surface area contributed by atoms with E-state index in [1.165, 1.54) is 0 Å². The largest absolute Gasteiger partial charge is 0.394 e. The molecule has 0 bridgehead atoms. The summed E-state index contributed by atoms with van der Waals surface area (Å²) in [6, 6.07) is 0.202. The quantitative estimate of drug-likeness (QED) is 0.456. The Hall–Kier alpha value is -0.650. The van der Waals surface area contributed by atoms with E-state index in [1.807, 2.05) is 13.8 Å². The monoisotopic (exact) mass is 218 g/mol. The number of amides is 1. The van der Waals surface area contributed by atoms with Crippen molar-refractivity contribution in [3.8, 4) is 0 Å². The van der Waals surface area contributed by atoms with Crippen LogP contribution < -0.4 is 10.6 Å². The Bertz CT molecular complexity index is 165. The zero-order valence-corrected chi connectivity index (χ0v) is 9.58. The van der Waals surface area contributed by atoms with Gasteiger partial charge in [-0.3, -0.25) is 4.79 Å². The molecule has 0 radical (unpaired) electrons. The van der Waals surface area contributed by atoms with E-state index in [-0.39, 0.29) is 18.6 Å². The van der Waals surface area contributed by atoms with E-state index in [2.05, 4.69) is 10.6 Å². The number of ether oxygens (including phenoxy) is 1. The number of nitrogens with one attached hydrogen (secondary N) is 2. The van der Waals surface area contributed by atoms with Crippen LogP contribution in [0.5, 0.6) is 0 Å². The molecule has 5 heteroatoms. The third-order valence-electron chi connectivity index (χ3n) is 1.85. The van der Waals surface area contributed by atoms with Crippen LogP contribution in [0.3, 0.4) is 0 Å². The van der Waals surface area contributed by atoms with Gasteiger partial charge >= 0.3 is 0 Å². The molecule has 0 aliphatic rings. The SMILES string of the molecule is CCNC(C)CC(=O)NCCOCCO. The lowest BCUT2D eigenvalue weighted by atomic mass is 10.2. The fraction of sp³-hybridized carbons (Fsp3) is 0.900. The lowest BCUT2D eigenvalue weighted by Crippen LogP contribution is -2.35. The van der Waals surface area contributed by atoms with Crippen LogP contribution in [0.15, 0.2) is 0 Å². The molecule has 3 N–H and O–H groups in total. The Morgan fingerprint density at radius 1 is 1.47 bits per heavy atom. The zero-order valence-electron chi connectivity index (χ0n) is 9.58.